The highest BCUT2D eigenvalue weighted by molar-refractivity contribution is 5.77. The molecule has 0 heterocycles. The molecule has 2 aromatic carbocycles. The van der Waals surface area contributed by atoms with Crippen molar-refractivity contribution in [2.75, 3.05) is 14.2 Å². The van der Waals surface area contributed by atoms with Gasteiger partial charge in [0.25, 0.3) is 0 Å². The molecule has 0 N–H and O–H groups in total. The molecule has 22 heavy (non-hydrogen) atoms. The molecule has 0 unspecified atom stereocenters. The van der Waals surface area contributed by atoms with Gasteiger partial charge in [0.05, 0.1) is 14.2 Å². The summed E-state index contributed by atoms with van der Waals surface area (Å²) in [7, 11) is 3.43. The maximum Gasteiger partial charge on any atom is 0.126 e. The molecule has 0 aliphatic carbocycles. The van der Waals surface area contributed by atoms with Crippen molar-refractivity contribution in [2.45, 2.75) is 39.5 Å². The molecule has 0 spiro atoms. The Hall–Kier alpha value is -1.96. The van der Waals surface area contributed by atoms with Crippen LogP contribution in [0, 0.1) is 0 Å². The summed E-state index contributed by atoms with van der Waals surface area (Å²) in [5.74, 6) is 2.71. The maximum absolute atomic E-state index is 5.58. The maximum atomic E-state index is 5.58. The van der Waals surface area contributed by atoms with Gasteiger partial charge >= 0.3 is 0 Å². The third-order valence-corrected chi connectivity index (χ3v) is 4.07. The highest BCUT2D eigenvalue weighted by Gasteiger charge is 2.15. The molecular weight excluding hydrogens is 272 g/mol. The van der Waals surface area contributed by atoms with Crippen LogP contribution in [0.4, 0.5) is 0 Å². The van der Waals surface area contributed by atoms with Crippen LogP contribution in [0.15, 0.2) is 36.4 Å². The van der Waals surface area contributed by atoms with E-state index in [9.17, 15) is 0 Å². The predicted octanol–water partition coefficient (Wildman–Crippen LogP) is 5.62. The van der Waals surface area contributed by atoms with Gasteiger partial charge in [0, 0.05) is 11.1 Å². The van der Waals surface area contributed by atoms with E-state index in [1.54, 1.807) is 14.2 Å². The smallest absolute Gasteiger partial charge is 0.126 e. The van der Waals surface area contributed by atoms with Crippen molar-refractivity contribution in [3.05, 3.63) is 47.5 Å². The molecule has 0 aliphatic rings. The normalized spacial score (nSPS) is 11.1. The van der Waals surface area contributed by atoms with E-state index in [0.717, 1.165) is 22.6 Å². The van der Waals surface area contributed by atoms with Crippen molar-refractivity contribution < 1.29 is 9.47 Å². The average molecular weight is 298 g/mol. The monoisotopic (exact) mass is 298 g/mol. The van der Waals surface area contributed by atoms with Crippen LogP contribution < -0.4 is 9.47 Å². The number of hydrogen-bond donors (Lipinski definition) is 0. The van der Waals surface area contributed by atoms with Gasteiger partial charge in [0.2, 0.25) is 0 Å². The van der Waals surface area contributed by atoms with E-state index in [-0.39, 0.29) is 0 Å². The SMILES string of the molecule is COc1ccc(C(C)C)cc1-c1cc(C(C)C)ccc1OC. The molecule has 0 atom stereocenters. The standard InChI is InChI=1S/C20H26O2/c1-13(2)15-7-9-19(21-5)17(11-15)18-12-16(14(3)4)8-10-20(18)22-6/h7-14H,1-6H3. The Balaban J connectivity index is 2.67. The molecule has 2 aromatic rings. The number of hydrogen-bond acceptors (Lipinski definition) is 2. The van der Waals surface area contributed by atoms with E-state index in [1.165, 1.54) is 11.1 Å². The molecule has 2 heteroatoms. The van der Waals surface area contributed by atoms with Crippen molar-refractivity contribution in [1.29, 1.82) is 0 Å². The zero-order valence-corrected chi connectivity index (χ0v) is 14.4. The summed E-state index contributed by atoms with van der Waals surface area (Å²) >= 11 is 0. The number of benzene rings is 2. The minimum Gasteiger partial charge on any atom is -0.496 e. The summed E-state index contributed by atoms with van der Waals surface area (Å²) in [6.07, 6.45) is 0. The largest absolute Gasteiger partial charge is 0.496 e. The van der Waals surface area contributed by atoms with Crippen molar-refractivity contribution in [1.82, 2.24) is 0 Å². The van der Waals surface area contributed by atoms with Gasteiger partial charge in [-0.1, -0.05) is 39.8 Å². The summed E-state index contributed by atoms with van der Waals surface area (Å²) in [6.45, 7) is 8.81. The summed E-state index contributed by atoms with van der Waals surface area (Å²) in [5.41, 5.74) is 4.78. The fourth-order valence-corrected chi connectivity index (χ4v) is 2.59. The third kappa shape index (κ3) is 3.27. The van der Waals surface area contributed by atoms with E-state index in [2.05, 4.69) is 52.0 Å². The van der Waals surface area contributed by atoms with Crippen LogP contribution in [0.2, 0.25) is 0 Å². The van der Waals surface area contributed by atoms with E-state index in [1.807, 2.05) is 12.1 Å². The number of rotatable bonds is 5. The zero-order chi connectivity index (χ0) is 16.3. The van der Waals surface area contributed by atoms with Crippen LogP contribution >= 0.6 is 0 Å². The van der Waals surface area contributed by atoms with Crippen LogP contribution in [-0.2, 0) is 0 Å². The van der Waals surface area contributed by atoms with Gasteiger partial charge in [-0.3, -0.25) is 0 Å². The lowest BCUT2D eigenvalue weighted by molar-refractivity contribution is 0.410. The highest BCUT2D eigenvalue weighted by Crippen LogP contribution is 2.39. The van der Waals surface area contributed by atoms with Gasteiger partial charge < -0.3 is 9.47 Å². The van der Waals surface area contributed by atoms with E-state index in [0.29, 0.717) is 11.8 Å². The van der Waals surface area contributed by atoms with Gasteiger partial charge in [-0.2, -0.15) is 0 Å². The van der Waals surface area contributed by atoms with Gasteiger partial charge in [0.1, 0.15) is 11.5 Å². The van der Waals surface area contributed by atoms with Crippen LogP contribution in [0.1, 0.15) is 50.7 Å². The van der Waals surface area contributed by atoms with Gasteiger partial charge in [-0.15, -0.1) is 0 Å². The second-order valence-electron chi connectivity index (χ2n) is 6.23. The summed E-state index contributed by atoms with van der Waals surface area (Å²) in [4.78, 5) is 0. The minimum atomic E-state index is 0.476. The second-order valence-corrected chi connectivity index (χ2v) is 6.23. The Labute approximate surface area is 134 Å². The van der Waals surface area contributed by atoms with Crippen LogP contribution in [0.25, 0.3) is 11.1 Å². The van der Waals surface area contributed by atoms with Crippen molar-refractivity contribution in [3.63, 3.8) is 0 Å². The second kappa shape index (κ2) is 6.87. The molecular formula is C20H26O2. The molecule has 0 saturated carbocycles. The lowest BCUT2D eigenvalue weighted by Crippen LogP contribution is -1.97. The van der Waals surface area contributed by atoms with Crippen molar-refractivity contribution in [3.8, 4) is 22.6 Å². The Bertz CT molecular complexity index is 585. The van der Waals surface area contributed by atoms with Crippen LogP contribution in [0.5, 0.6) is 11.5 Å². The quantitative estimate of drug-likeness (QED) is 0.713. The van der Waals surface area contributed by atoms with Gasteiger partial charge in [-0.25, -0.2) is 0 Å². The van der Waals surface area contributed by atoms with E-state index < -0.39 is 0 Å². The first-order chi connectivity index (χ1) is 10.5. The Morgan fingerprint density at radius 3 is 1.27 bits per heavy atom. The average Bonchev–Trinajstić information content (AvgIpc) is 2.53. The first-order valence-electron chi connectivity index (χ1n) is 7.84. The molecule has 2 rings (SSSR count). The molecule has 2 nitrogen and oxygen atoms in total. The topological polar surface area (TPSA) is 18.5 Å². The van der Waals surface area contributed by atoms with E-state index in [4.69, 9.17) is 9.47 Å². The molecule has 0 saturated heterocycles. The van der Waals surface area contributed by atoms with Gasteiger partial charge in [0.15, 0.2) is 0 Å². The van der Waals surface area contributed by atoms with Crippen molar-refractivity contribution in [2.24, 2.45) is 0 Å². The first-order valence-corrected chi connectivity index (χ1v) is 7.84. The molecule has 0 aromatic heterocycles. The fourth-order valence-electron chi connectivity index (χ4n) is 2.59. The number of methoxy groups -OCH3 is 2. The molecule has 0 amide bonds. The zero-order valence-electron chi connectivity index (χ0n) is 14.4. The van der Waals surface area contributed by atoms with Crippen molar-refractivity contribution >= 4 is 0 Å². The van der Waals surface area contributed by atoms with E-state index >= 15 is 0 Å². The lowest BCUT2D eigenvalue weighted by Gasteiger charge is -2.17. The summed E-state index contributed by atoms with van der Waals surface area (Å²) in [5, 5.41) is 0. The predicted molar refractivity (Wildman–Crippen MR) is 93.2 cm³/mol. The Kier molecular flexibility index (Phi) is 5.12. The Morgan fingerprint density at radius 1 is 0.636 bits per heavy atom. The number of ether oxygens (including phenoxy) is 2. The Morgan fingerprint density at radius 2 is 1.00 bits per heavy atom. The third-order valence-electron chi connectivity index (χ3n) is 4.07. The molecule has 0 aliphatic heterocycles. The molecule has 0 bridgehead atoms. The molecule has 118 valence electrons. The molecule has 0 radical (unpaired) electrons. The molecule has 0 fully saturated rings. The summed E-state index contributed by atoms with van der Waals surface area (Å²) in [6, 6.07) is 12.8. The first kappa shape index (κ1) is 16.4. The fraction of sp³-hybridized carbons (Fsp3) is 0.400. The summed E-state index contributed by atoms with van der Waals surface area (Å²) < 4.78 is 11.2. The highest BCUT2D eigenvalue weighted by atomic mass is 16.5. The van der Waals surface area contributed by atoms with Crippen LogP contribution in [-0.4, -0.2) is 14.2 Å². The minimum absolute atomic E-state index is 0.476. The van der Waals surface area contributed by atoms with Gasteiger partial charge in [-0.05, 0) is 47.2 Å². The lowest BCUT2D eigenvalue weighted by atomic mass is 9.93. The van der Waals surface area contributed by atoms with Crippen LogP contribution in [0.3, 0.4) is 0 Å².